The first-order valence-electron chi connectivity index (χ1n) is 5.37. The highest BCUT2D eigenvalue weighted by Gasteiger charge is 2.32. The minimum atomic E-state index is -0.617. The molecule has 0 saturated heterocycles. The summed E-state index contributed by atoms with van der Waals surface area (Å²) in [5.74, 6) is -1.23. The van der Waals surface area contributed by atoms with Crippen molar-refractivity contribution in [1.82, 2.24) is 0 Å². The van der Waals surface area contributed by atoms with E-state index in [1.165, 1.54) is 0 Å². The Morgan fingerprint density at radius 3 is 2.71 bits per heavy atom. The Morgan fingerprint density at radius 2 is 2.06 bits per heavy atom. The molecule has 1 aliphatic heterocycles. The van der Waals surface area contributed by atoms with Gasteiger partial charge in [-0.2, -0.15) is 0 Å². The summed E-state index contributed by atoms with van der Waals surface area (Å²) in [6, 6.07) is 9.21. The number of hydrogen-bond acceptors (Lipinski definition) is 4. The molecule has 0 amide bonds. The van der Waals surface area contributed by atoms with Crippen molar-refractivity contribution in [2.75, 3.05) is 13.2 Å². The average molecular weight is 232 g/mol. The number of cyclic esters (lactones) is 1. The van der Waals surface area contributed by atoms with Crippen molar-refractivity contribution in [2.45, 2.75) is 6.92 Å². The lowest BCUT2D eigenvalue weighted by Gasteiger charge is -2.03. The van der Waals surface area contributed by atoms with Gasteiger partial charge in [-0.3, -0.25) is 0 Å². The van der Waals surface area contributed by atoms with Gasteiger partial charge in [0, 0.05) is 5.57 Å². The molecule has 1 aromatic carbocycles. The lowest BCUT2D eigenvalue weighted by atomic mass is 10.0. The zero-order valence-corrected chi connectivity index (χ0v) is 9.43. The van der Waals surface area contributed by atoms with E-state index in [2.05, 4.69) is 0 Å². The monoisotopic (exact) mass is 232 g/mol. The third-order valence-corrected chi connectivity index (χ3v) is 2.46. The zero-order valence-electron chi connectivity index (χ0n) is 9.43. The predicted octanol–water partition coefficient (Wildman–Crippen LogP) is 1.56. The van der Waals surface area contributed by atoms with Gasteiger partial charge in [-0.1, -0.05) is 30.3 Å². The summed E-state index contributed by atoms with van der Waals surface area (Å²) in [5.41, 5.74) is 1.41. The lowest BCUT2D eigenvalue weighted by Crippen LogP contribution is -2.14. The number of rotatable bonds is 3. The maximum absolute atomic E-state index is 11.7. The van der Waals surface area contributed by atoms with Crippen molar-refractivity contribution in [3.63, 3.8) is 0 Å². The van der Waals surface area contributed by atoms with Crippen LogP contribution >= 0.6 is 0 Å². The maximum Gasteiger partial charge on any atom is 0.346 e. The number of carbonyl (C=O) groups excluding carboxylic acids is 2. The minimum absolute atomic E-state index is 0.0121. The molecule has 0 N–H and O–H groups in total. The summed E-state index contributed by atoms with van der Waals surface area (Å²) in [6.07, 6.45) is 0. The molecule has 0 unspecified atom stereocenters. The molecule has 0 aromatic heterocycles. The summed E-state index contributed by atoms with van der Waals surface area (Å²) in [5, 5.41) is 0. The number of carbonyl (C=O) groups is 2. The topological polar surface area (TPSA) is 52.6 Å². The highest BCUT2D eigenvalue weighted by molar-refractivity contribution is 6.22. The molecule has 1 aromatic rings. The van der Waals surface area contributed by atoms with Gasteiger partial charge < -0.3 is 9.47 Å². The average Bonchev–Trinajstić information content (AvgIpc) is 2.73. The van der Waals surface area contributed by atoms with Crippen molar-refractivity contribution >= 4 is 17.5 Å². The molecule has 2 rings (SSSR count). The quantitative estimate of drug-likeness (QED) is 0.586. The molecule has 0 saturated carbocycles. The van der Waals surface area contributed by atoms with Crippen LogP contribution in [0.1, 0.15) is 12.5 Å². The van der Waals surface area contributed by atoms with Crippen LogP contribution in [0, 0.1) is 0 Å². The third-order valence-electron chi connectivity index (χ3n) is 2.46. The van der Waals surface area contributed by atoms with Crippen molar-refractivity contribution in [1.29, 1.82) is 0 Å². The van der Waals surface area contributed by atoms with Gasteiger partial charge in [0.25, 0.3) is 0 Å². The van der Waals surface area contributed by atoms with Gasteiger partial charge in [0.1, 0.15) is 6.61 Å². The van der Waals surface area contributed by atoms with E-state index in [9.17, 15) is 9.59 Å². The second-order valence-corrected chi connectivity index (χ2v) is 3.52. The largest absolute Gasteiger partial charge is 0.462 e. The van der Waals surface area contributed by atoms with Gasteiger partial charge in [0.15, 0.2) is 5.57 Å². The van der Waals surface area contributed by atoms with E-state index < -0.39 is 11.9 Å². The Morgan fingerprint density at radius 1 is 1.35 bits per heavy atom. The Labute approximate surface area is 98.8 Å². The Kier molecular flexibility index (Phi) is 3.23. The fraction of sp³-hybridized carbons (Fsp3) is 0.231. The second kappa shape index (κ2) is 4.82. The molecular weight excluding hydrogens is 220 g/mol. The van der Waals surface area contributed by atoms with E-state index in [1.807, 2.05) is 30.3 Å². The van der Waals surface area contributed by atoms with Crippen LogP contribution < -0.4 is 0 Å². The highest BCUT2D eigenvalue weighted by atomic mass is 16.6. The molecule has 0 bridgehead atoms. The molecule has 0 atom stereocenters. The second-order valence-electron chi connectivity index (χ2n) is 3.52. The fourth-order valence-electron chi connectivity index (χ4n) is 1.68. The van der Waals surface area contributed by atoms with Crippen molar-refractivity contribution < 1.29 is 19.1 Å². The van der Waals surface area contributed by atoms with Crippen LogP contribution in [0.3, 0.4) is 0 Å². The summed E-state index contributed by atoms with van der Waals surface area (Å²) in [4.78, 5) is 23.2. The van der Waals surface area contributed by atoms with Crippen molar-refractivity contribution in [3.05, 3.63) is 41.5 Å². The number of hydrogen-bond donors (Lipinski definition) is 0. The number of esters is 2. The van der Waals surface area contributed by atoms with Gasteiger partial charge in [-0.15, -0.1) is 0 Å². The highest BCUT2D eigenvalue weighted by Crippen LogP contribution is 2.26. The molecule has 0 spiro atoms. The van der Waals surface area contributed by atoms with Gasteiger partial charge in [0.05, 0.1) is 6.61 Å². The first-order valence-corrected chi connectivity index (χ1v) is 5.37. The van der Waals surface area contributed by atoms with E-state index in [1.54, 1.807) is 6.92 Å². The van der Waals surface area contributed by atoms with Gasteiger partial charge in [-0.25, -0.2) is 9.59 Å². The third kappa shape index (κ3) is 2.20. The van der Waals surface area contributed by atoms with Crippen LogP contribution in [0.25, 0.3) is 5.57 Å². The summed E-state index contributed by atoms with van der Waals surface area (Å²) < 4.78 is 9.74. The first kappa shape index (κ1) is 11.4. The van der Waals surface area contributed by atoms with Gasteiger partial charge in [-0.05, 0) is 12.5 Å². The molecule has 1 heterocycles. The number of ether oxygens (including phenoxy) is 2. The van der Waals surface area contributed by atoms with E-state index in [0.29, 0.717) is 5.57 Å². The van der Waals surface area contributed by atoms with Crippen LogP contribution in [0.15, 0.2) is 35.9 Å². The Bertz CT molecular complexity index is 473. The van der Waals surface area contributed by atoms with Crippen LogP contribution in [0.5, 0.6) is 0 Å². The van der Waals surface area contributed by atoms with Crippen molar-refractivity contribution in [3.8, 4) is 0 Å². The Hall–Kier alpha value is -2.10. The predicted molar refractivity (Wildman–Crippen MR) is 61.0 cm³/mol. The smallest absolute Gasteiger partial charge is 0.346 e. The van der Waals surface area contributed by atoms with Crippen LogP contribution in [-0.4, -0.2) is 25.2 Å². The van der Waals surface area contributed by atoms with Gasteiger partial charge in [0.2, 0.25) is 0 Å². The SMILES string of the molecule is CCOC(=O)C1=C(c2ccccc2)COC1=O. The van der Waals surface area contributed by atoms with E-state index in [-0.39, 0.29) is 18.8 Å². The summed E-state index contributed by atoms with van der Waals surface area (Å²) >= 11 is 0. The number of benzene rings is 1. The Balaban J connectivity index is 2.41. The maximum atomic E-state index is 11.7. The fourth-order valence-corrected chi connectivity index (χ4v) is 1.68. The minimum Gasteiger partial charge on any atom is -0.462 e. The molecule has 1 aliphatic rings. The lowest BCUT2D eigenvalue weighted by molar-refractivity contribution is -0.144. The van der Waals surface area contributed by atoms with Crippen molar-refractivity contribution in [2.24, 2.45) is 0 Å². The molecule has 0 radical (unpaired) electrons. The first-order chi connectivity index (χ1) is 8.24. The zero-order chi connectivity index (χ0) is 12.3. The van der Waals surface area contributed by atoms with E-state index in [4.69, 9.17) is 9.47 Å². The normalized spacial score (nSPS) is 14.8. The molecule has 17 heavy (non-hydrogen) atoms. The van der Waals surface area contributed by atoms with Crippen LogP contribution in [0.2, 0.25) is 0 Å². The molecule has 0 aliphatic carbocycles. The van der Waals surface area contributed by atoms with E-state index in [0.717, 1.165) is 5.56 Å². The summed E-state index contributed by atoms with van der Waals surface area (Å²) in [6.45, 7) is 2.05. The molecule has 88 valence electrons. The standard InChI is InChI=1S/C13H12O4/c1-2-16-12(14)11-10(8-17-13(11)15)9-6-4-3-5-7-9/h3-7H,2,8H2,1H3. The molecule has 0 fully saturated rings. The summed E-state index contributed by atoms with van der Waals surface area (Å²) in [7, 11) is 0. The van der Waals surface area contributed by atoms with Gasteiger partial charge >= 0.3 is 11.9 Å². The van der Waals surface area contributed by atoms with Crippen LogP contribution in [0.4, 0.5) is 0 Å². The molecular formula is C13H12O4. The molecule has 4 heteroatoms. The molecule has 4 nitrogen and oxygen atoms in total. The van der Waals surface area contributed by atoms with Crippen LogP contribution in [-0.2, 0) is 19.1 Å². The van der Waals surface area contributed by atoms with E-state index >= 15 is 0 Å².